The second-order valence-corrected chi connectivity index (χ2v) is 8.23. The SMILES string of the molecule is Cc1ccc(NC(=O)CN2CCC(C(=O)N3CCCCCC3)CC2)c(Cl)c1. The molecule has 3 rings (SSSR count). The van der Waals surface area contributed by atoms with E-state index in [9.17, 15) is 9.59 Å². The lowest BCUT2D eigenvalue weighted by Crippen LogP contribution is -2.44. The second kappa shape index (κ2) is 9.56. The summed E-state index contributed by atoms with van der Waals surface area (Å²) in [6, 6.07) is 5.61. The monoisotopic (exact) mass is 391 g/mol. The Kier molecular flexibility index (Phi) is 7.13. The molecule has 6 heteroatoms. The number of amides is 2. The summed E-state index contributed by atoms with van der Waals surface area (Å²) in [5.41, 5.74) is 1.72. The Morgan fingerprint density at radius 3 is 2.37 bits per heavy atom. The van der Waals surface area contributed by atoms with Crippen molar-refractivity contribution in [3.05, 3.63) is 28.8 Å². The number of nitrogens with one attached hydrogen (secondary N) is 1. The van der Waals surface area contributed by atoms with Gasteiger partial charge in [0.1, 0.15) is 0 Å². The normalized spacial score (nSPS) is 19.6. The first-order valence-corrected chi connectivity index (χ1v) is 10.5. The van der Waals surface area contributed by atoms with Gasteiger partial charge in [0, 0.05) is 19.0 Å². The zero-order valence-corrected chi connectivity index (χ0v) is 16.9. The Morgan fingerprint density at radius 2 is 1.74 bits per heavy atom. The third kappa shape index (κ3) is 5.69. The number of aryl methyl sites for hydroxylation is 1. The predicted octanol–water partition coefficient (Wildman–Crippen LogP) is 3.70. The summed E-state index contributed by atoms with van der Waals surface area (Å²) in [6.45, 7) is 5.72. The molecule has 2 aliphatic rings. The minimum atomic E-state index is -0.0574. The molecule has 0 atom stereocenters. The van der Waals surface area contributed by atoms with Crippen LogP contribution in [-0.4, -0.2) is 54.3 Å². The fourth-order valence-corrected chi connectivity index (χ4v) is 4.28. The van der Waals surface area contributed by atoms with E-state index in [1.54, 1.807) is 0 Å². The van der Waals surface area contributed by atoms with Crippen molar-refractivity contribution < 1.29 is 9.59 Å². The van der Waals surface area contributed by atoms with Gasteiger partial charge in [0.15, 0.2) is 0 Å². The van der Waals surface area contributed by atoms with Gasteiger partial charge in [-0.1, -0.05) is 30.5 Å². The molecule has 2 fully saturated rings. The molecule has 0 bridgehead atoms. The van der Waals surface area contributed by atoms with Crippen LogP contribution in [0.4, 0.5) is 5.69 Å². The average Bonchev–Trinajstić information content (AvgIpc) is 2.93. The van der Waals surface area contributed by atoms with E-state index in [4.69, 9.17) is 11.6 Å². The topological polar surface area (TPSA) is 52.7 Å². The lowest BCUT2D eigenvalue weighted by atomic mass is 9.95. The van der Waals surface area contributed by atoms with E-state index in [1.165, 1.54) is 12.8 Å². The molecule has 1 aromatic carbocycles. The number of likely N-dealkylation sites (tertiary alicyclic amines) is 2. The molecule has 5 nitrogen and oxygen atoms in total. The predicted molar refractivity (Wildman–Crippen MR) is 109 cm³/mol. The van der Waals surface area contributed by atoms with E-state index in [0.29, 0.717) is 23.2 Å². The molecule has 0 radical (unpaired) electrons. The van der Waals surface area contributed by atoms with E-state index in [0.717, 1.165) is 57.4 Å². The van der Waals surface area contributed by atoms with Crippen molar-refractivity contribution in [1.29, 1.82) is 0 Å². The maximum Gasteiger partial charge on any atom is 0.238 e. The smallest absolute Gasteiger partial charge is 0.238 e. The van der Waals surface area contributed by atoms with Crippen molar-refractivity contribution >= 4 is 29.1 Å². The lowest BCUT2D eigenvalue weighted by molar-refractivity contribution is -0.137. The number of halogens is 1. The van der Waals surface area contributed by atoms with Crippen LogP contribution in [0.2, 0.25) is 5.02 Å². The van der Waals surface area contributed by atoms with Gasteiger partial charge in [-0.3, -0.25) is 14.5 Å². The van der Waals surface area contributed by atoms with Crippen molar-refractivity contribution in [3.63, 3.8) is 0 Å². The van der Waals surface area contributed by atoms with Crippen LogP contribution in [0.5, 0.6) is 0 Å². The summed E-state index contributed by atoms with van der Waals surface area (Å²) in [5, 5.41) is 3.45. The number of hydrogen-bond donors (Lipinski definition) is 1. The summed E-state index contributed by atoms with van der Waals surface area (Å²) in [4.78, 5) is 29.3. The first-order chi connectivity index (χ1) is 13.0. The van der Waals surface area contributed by atoms with Crippen molar-refractivity contribution in [2.75, 3.05) is 38.0 Å². The molecular formula is C21H30ClN3O2. The average molecular weight is 392 g/mol. The van der Waals surface area contributed by atoms with Crippen molar-refractivity contribution in [3.8, 4) is 0 Å². The van der Waals surface area contributed by atoms with Crippen LogP contribution >= 0.6 is 11.6 Å². The molecule has 0 unspecified atom stereocenters. The van der Waals surface area contributed by atoms with Gasteiger partial charge in [-0.05, 0) is 63.4 Å². The summed E-state index contributed by atoms with van der Waals surface area (Å²) in [7, 11) is 0. The quantitative estimate of drug-likeness (QED) is 0.851. The number of anilines is 1. The van der Waals surface area contributed by atoms with Gasteiger partial charge in [-0.2, -0.15) is 0 Å². The summed E-state index contributed by atoms with van der Waals surface area (Å²) in [5.74, 6) is 0.388. The highest BCUT2D eigenvalue weighted by Gasteiger charge is 2.29. The number of rotatable bonds is 4. The van der Waals surface area contributed by atoms with E-state index < -0.39 is 0 Å². The number of nitrogens with zero attached hydrogens (tertiary/aromatic N) is 2. The third-order valence-corrected chi connectivity index (χ3v) is 5.93. The molecule has 0 aliphatic carbocycles. The second-order valence-electron chi connectivity index (χ2n) is 7.82. The highest BCUT2D eigenvalue weighted by Crippen LogP contribution is 2.24. The molecule has 0 spiro atoms. The molecular weight excluding hydrogens is 362 g/mol. The fourth-order valence-electron chi connectivity index (χ4n) is 4.00. The van der Waals surface area contributed by atoms with E-state index in [2.05, 4.69) is 15.1 Å². The molecule has 1 aromatic rings. The van der Waals surface area contributed by atoms with E-state index in [1.807, 2.05) is 25.1 Å². The number of carbonyl (C=O) groups is 2. The van der Waals surface area contributed by atoms with Crippen LogP contribution in [0, 0.1) is 12.8 Å². The third-order valence-electron chi connectivity index (χ3n) is 5.62. The molecule has 2 amide bonds. The van der Waals surface area contributed by atoms with Crippen LogP contribution in [-0.2, 0) is 9.59 Å². The van der Waals surface area contributed by atoms with Gasteiger partial charge in [-0.15, -0.1) is 0 Å². The zero-order chi connectivity index (χ0) is 19.2. The summed E-state index contributed by atoms with van der Waals surface area (Å²) < 4.78 is 0. The first-order valence-electron chi connectivity index (χ1n) is 10.1. The van der Waals surface area contributed by atoms with Gasteiger partial charge >= 0.3 is 0 Å². The Labute approximate surface area is 167 Å². The lowest BCUT2D eigenvalue weighted by Gasteiger charge is -2.33. The first kappa shape index (κ1) is 20.2. The van der Waals surface area contributed by atoms with Gasteiger partial charge < -0.3 is 10.2 Å². The minimum Gasteiger partial charge on any atom is -0.342 e. The van der Waals surface area contributed by atoms with Gasteiger partial charge in [0.25, 0.3) is 0 Å². The molecule has 2 saturated heterocycles. The fraction of sp³-hybridized carbons (Fsp3) is 0.619. The number of carbonyl (C=O) groups excluding carboxylic acids is 2. The highest BCUT2D eigenvalue weighted by molar-refractivity contribution is 6.33. The molecule has 27 heavy (non-hydrogen) atoms. The van der Waals surface area contributed by atoms with Crippen LogP contribution in [0.15, 0.2) is 18.2 Å². The van der Waals surface area contributed by atoms with Crippen LogP contribution in [0.1, 0.15) is 44.1 Å². The van der Waals surface area contributed by atoms with Crippen molar-refractivity contribution in [1.82, 2.24) is 9.80 Å². The zero-order valence-electron chi connectivity index (χ0n) is 16.2. The Hall–Kier alpha value is -1.59. The molecule has 2 heterocycles. The van der Waals surface area contributed by atoms with Gasteiger partial charge in [-0.25, -0.2) is 0 Å². The Morgan fingerprint density at radius 1 is 1.07 bits per heavy atom. The van der Waals surface area contributed by atoms with Gasteiger partial charge in [0.05, 0.1) is 17.3 Å². The van der Waals surface area contributed by atoms with E-state index in [-0.39, 0.29) is 11.8 Å². The number of benzene rings is 1. The molecule has 1 N–H and O–H groups in total. The van der Waals surface area contributed by atoms with E-state index >= 15 is 0 Å². The molecule has 148 valence electrons. The van der Waals surface area contributed by atoms with Crippen LogP contribution in [0.3, 0.4) is 0 Å². The van der Waals surface area contributed by atoms with Crippen molar-refractivity contribution in [2.45, 2.75) is 45.4 Å². The van der Waals surface area contributed by atoms with Crippen LogP contribution in [0.25, 0.3) is 0 Å². The molecule has 2 aliphatic heterocycles. The standard InChI is InChI=1S/C21H30ClN3O2/c1-16-6-7-19(18(22)14-16)23-20(26)15-24-12-8-17(9-13-24)21(27)25-10-4-2-3-5-11-25/h6-7,14,17H,2-5,8-13,15H2,1H3,(H,23,26). The largest absolute Gasteiger partial charge is 0.342 e. The maximum absolute atomic E-state index is 12.8. The summed E-state index contributed by atoms with van der Waals surface area (Å²) in [6.07, 6.45) is 6.42. The Bertz CT molecular complexity index is 663. The number of hydrogen-bond acceptors (Lipinski definition) is 3. The molecule has 0 aromatic heterocycles. The van der Waals surface area contributed by atoms with Gasteiger partial charge in [0.2, 0.25) is 11.8 Å². The number of piperidine rings is 1. The molecule has 0 saturated carbocycles. The summed E-state index contributed by atoms with van der Waals surface area (Å²) >= 11 is 6.19. The minimum absolute atomic E-state index is 0.0574. The maximum atomic E-state index is 12.8. The Balaban J connectivity index is 1.44. The highest BCUT2D eigenvalue weighted by atomic mass is 35.5. The van der Waals surface area contributed by atoms with Crippen molar-refractivity contribution in [2.24, 2.45) is 5.92 Å². The van der Waals surface area contributed by atoms with Crippen LogP contribution < -0.4 is 5.32 Å².